The lowest BCUT2D eigenvalue weighted by Gasteiger charge is -2.14. The average Bonchev–Trinajstić information content (AvgIpc) is 2.66. The molecule has 2 aromatic rings. The summed E-state index contributed by atoms with van der Waals surface area (Å²) in [6, 6.07) is 3.77. The predicted octanol–water partition coefficient (Wildman–Crippen LogP) is 2.83. The monoisotopic (exact) mass is 396 g/mol. The zero-order valence-electron chi connectivity index (χ0n) is 15.3. The van der Waals surface area contributed by atoms with Crippen molar-refractivity contribution >= 4 is 11.7 Å². The molecule has 0 saturated heterocycles. The predicted molar refractivity (Wildman–Crippen MR) is 92.7 cm³/mol. The van der Waals surface area contributed by atoms with Crippen LogP contribution in [0.2, 0.25) is 0 Å². The normalized spacial score (nSPS) is 12.3. The molecular weight excluding hydrogens is 377 g/mol. The van der Waals surface area contributed by atoms with Gasteiger partial charge in [0.25, 0.3) is 5.91 Å². The number of carbonyl (C=O) groups is 2. The molecule has 0 radical (unpaired) electrons. The molecule has 0 spiro atoms. The molecule has 2 rings (SSSR count). The zero-order valence-corrected chi connectivity index (χ0v) is 15.3. The van der Waals surface area contributed by atoms with Crippen molar-refractivity contribution in [2.24, 2.45) is 0 Å². The van der Waals surface area contributed by atoms with E-state index in [-0.39, 0.29) is 23.8 Å². The Morgan fingerprint density at radius 2 is 1.96 bits per heavy atom. The van der Waals surface area contributed by atoms with E-state index in [2.05, 4.69) is 25.0 Å². The average molecular weight is 396 g/mol. The van der Waals surface area contributed by atoms with Gasteiger partial charge in [-0.3, -0.25) is 9.59 Å². The Labute approximate surface area is 159 Å². The van der Waals surface area contributed by atoms with Gasteiger partial charge >= 0.3 is 6.18 Å². The first-order valence-electron chi connectivity index (χ1n) is 8.47. The first-order chi connectivity index (χ1) is 13.2. The third-order valence-corrected chi connectivity index (χ3v) is 3.72. The lowest BCUT2D eigenvalue weighted by atomic mass is 10.1. The second-order valence-corrected chi connectivity index (χ2v) is 5.99. The van der Waals surface area contributed by atoms with E-state index in [4.69, 9.17) is 0 Å². The fourth-order valence-corrected chi connectivity index (χ4v) is 2.19. The molecule has 2 aromatic heterocycles. The maximum atomic E-state index is 12.4. The number of ether oxygens (including phenoxy) is 1. The number of Topliss-reactive ketones (excluding diaryl/α,β-unsaturated/α-hetero) is 1. The summed E-state index contributed by atoms with van der Waals surface area (Å²) in [5.41, 5.74) is 1.13. The lowest BCUT2D eigenvalue weighted by molar-refractivity contribution is -0.154. The SMILES string of the molecule is CCC(=O)Cc1cc(C(=O)NC(C)c2ccc(OCC(F)(F)F)nc2)ncn1. The van der Waals surface area contributed by atoms with Gasteiger partial charge in [0.05, 0.1) is 11.7 Å². The summed E-state index contributed by atoms with van der Waals surface area (Å²) in [5, 5.41) is 2.71. The van der Waals surface area contributed by atoms with Gasteiger partial charge in [0.1, 0.15) is 17.8 Å². The van der Waals surface area contributed by atoms with E-state index in [1.165, 1.54) is 30.7 Å². The number of alkyl halides is 3. The van der Waals surface area contributed by atoms with Crippen molar-refractivity contribution in [2.45, 2.75) is 38.9 Å². The van der Waals surface area contributed by atoms with Gasteiger partial charge in [-0.2, -0.15) is 13.2 Å². The molecule has 7 nitrogen and oxygen atoms in total. The molecular formula is C18H19F3N4O3. The number of nitrogens with one attached hydrogen (secondary N) is 1. The highest BCUT2D eigenvalue weighted by molar-refractivity contribution is 5.92. The number of nitrogens with zero attached hydrogens (tertiary/aromatic N) is 3. The standard InChI is InChI=1S/C18H19F3N4O3/c1-3-14(26)6-13-7-15(24-10-23-13)17(27)25-11(2)12-4-5-16(22-8-12)28-9-18(19,20)21/h4-5,7-8,10-11H,3,6,9H2,1-2H3,(H,25,27). The van der Waals surface area contributed by atoms with Gasteiger partial charge in [0.2, 0.25) is 5.88 Å². The van der Waals surface area contributed by atoms with Crippen molar-refractivity contribution in [3.63, 3.8) is 0 Å². The van der Waals surface area contributed by atoms with E-state index in [1.54, 1.807) is 13.8 Å². The van der Waals surface area contributed by atoms with Gasteiger partial charge in [-0.1, -0.05) is 13.0 Å². The lowest BCUT2D eigenvalue weighted by Crippen LogP contribution is -2.28. The first kappa shape index (κ1) is 21.3. The summed E-state index contributed by atoms with van der Waals surface area (Å²) in [4.78, 5) is 35.6. The number of rotatable bonds is 8. The Hall–Kier alpha value is -3.04. The number of hydrogen-bond acceptors (Lipinski definition) is 6. The van der Waals surface area contributed by atoms with Crippen LogP contribution in [-0.4, -0.2) is 39.4 Å². The van der Waals surface area contributed by atoms with Gasteiger partial charge in [-0.15, -0.1) is 0 Å². The summed E-state index contributed by atoms with van der Waals surface area (Å²) < 4.78 is 41.0. The molecule has 0 fully saturated rings. The fraction of sp³-hybridized carbons (Fsp3) is 0.389. The highest BCUT2D eigenvalue weighted by Gasteiger charge is 2.28. The Morgan fingerprint density at radius 3 is 2.57 bits per heavy atom. The summed E-state index contributed by atoms with van der Waals surface area (Å²) in [7, 11) is 0. The maximum absolute atomic E-state index is 12.4. The van der Waals surface area contributed by atoms with Crippen molar-refractivity contribution in [2.75, 3.05) is 6.61 Å². The Kier molecular flexibility index (Phi) is 7.02. The molecule has 0 aliphatic rings. The number of carbonyl (C=O) groups excluding carboxylic acids is 2. The number of hydrogen-bond donors (Lipinski definition) is 1. The minimum Gasteiger partial charge on any atom is -0.468 e. The molecule has 10 heteroatoms. The van der Waals surface area contributed by atoms with Crippen LogP contribution in [-0.2, 0) is 11.2 Å². The van der Waals surface area contributed by atoms with Crippen molar-refractivity contribution < 1.29 is 27.5 Å². The highest BCUT2D eigenvalue weighted by atomic mass is 19.4. The molecule has 1 N–H and O–H groups in total. The van der Waals surface area contributed by atoms with E-state index in [1.807, 2.05) is 0 Å². The first-order valence-corrected chi connectivity index (χ1v) is 8.47. The van der Waals surface area contributed by atoms with Crippen molar-refractivity contribution in [3.8, 4) is 5.88 Å². The highest BCUT2D eigenvalue weighted by Crippen LogP contribution is 2.19. The molecule has 1 unspecified atom stereocenters. The number of aromatic nitrogens is 3. The van der Waals surface area contributed by atoms with E-state index in [0.29, 0.717) is 17.7 Å². The third kappa shape index (κ3) is 6.60. The van der Waals surface area contributed by atoms with E-state index in [9.17, 15) is 22.8 Å². The number of amides is 1. The third-order valence-electron chi connectivity index (χ3n) is 3.72. The summed E-state index contributed by atoms with van der Waals surface area (Å²) in [5.74, 6) is -0.643. The van der Waals surface area contributed by atoms with Crippen LogP contribution in [0, 0.1) is 0 Å². The number of pyridine rings is 1. The minimum absolute atomic E-state index is 0.00247. The molecule has 150 valence electrons. The van der Waals surface area contributed by atoms with Crippen molar-refractivity contribution in [1.29, 1.82) is 0 Å². The van der Waals surface area contributed by atoms with Crippen LogP contribution in [0.1, 0.15) is 48.1 Å². The molecule has 1 atom stereocenters. The summed E-state index contributed by atoms with van der Waals surface area (Å²) in [6.07, 6.45) is -1.41. The van der Waals surface area contributed by atoms with E-state index in [0.717, 1.165) is 0 Å². The van der Waals surface area contributed by atoms with Crippen LogP contribution in [0.5, 0.6) is 5.88 Å². The number of ketones is 1. The van der Waals surface area contributed by atoms with Gasteiger partial charge in [0.15, 0.2) is 6.61 Å². The smallest absolute Gasteiger partial charge is 0.422 e. The molecule has 2 heterocycles. The zero-order chi connectivity index (χ0) is 20.7. The van der Waals surface area contributed by atoms with Gasteiger partial charge < -0.3 is 10.1 Å². The number of halogens is 3. The van der Waals surface area contributed by atoms with Crippen molar-refractivity contribution in [3.05, 3.63) is 47.7 Å². The van der Waals surface area contributed by atoms with Crippen LogP contribution in [0.3, 0.4) is 0 Å². The van der Waals surface area contributed by atoms with Crippen LogP contribution >= 0.6 is 0 Å². The Bertz CT molecular complexity index is 826. The molecule has 0 aliphatic heterocycles. The molecule has 0 aromatic carbocycles. The molecule has 1 amide bonds. The van der Waals surface area contributed by atoms with E-state index < -0.39 is 24.7 Å². The van der Waals surface area contributed by atoms with Crippen molar-refractivity contribution in [1.82, 2.24) is 20.3 Å². The largest absolute Gasteiger partial charge is 0.468 e. The Morgan fingerprint density at radius 1 is 1.21 bits per heavy atom. The Balaban J connectivity index is 1.98. The molecule has 0 aliphatic carbocycles. The minimum atomic E-state index is -4.44. The van der Waals surface area contributed by atoms with Crippen LogP contribution in [0.25, 0.3) is 0 Å². The van der Waals surface area contributed by atoms with Gasteiger partial charge in [0, 0.05) is 25.1 Å². The van der Waals surface area contributed by atoms with Gasteiger partial charge in [-0.25, -0.2) is 15.0 Å². The molecule has 0 bridgehead atoms. The summed E-state index contributed by atoms with van der Waals surface area (Å²) in [6.45, 7) is 2.00. The maximum Gasteiger partial charge on any atom is 0.422 e. The van der Waals surface area contributed by atoms with Crippen LogP contribution < -0.4 is 10.1 Å². The fourth-order valence-electron chi connectivity index (χ4n) is 2.19. The quantitative estimate of drug-likeness (QED) is 0.737. The van der Waals surface area contributed by atoms with Crippen LogP contribution in [0.4, 0.5) is 13.2 Å². The summed E-state index contributed by atoms with van der Waals surface area (Å²) >= 11 is 0. The molecule has 28 heavy (non-hydrogen) atoms. The second kappa shape index (κ2) is 9.25. The van der Waals surface area contributed by atoms with E-state index >= 15 is 0 Å². The van der Waals surface area contributed by atoms with Gasteiger partial charge in [-0.05, 0) is 18.6 Å². The molecule has 0 saturated carbocycles. The topological polar surface area (TPSA) is 94.1 Å². The van der Waals surface area contributed by atoms with Crippen LogP contribution in [0.15, 0.2) is 30.7 Å². The second-order valence-electron chi connectivity index (χ2n) is 5.99.